The van der Waals surface area contributed by atoms with Crippen molar-refractivity contribution in [1.29, 1.82) is 0 Å². The van der Waals surface area contributed by atoms with Crippen LogP contribution < -0.4 is 41.1 Å². The zero-order chi connectivity index (χ0) is 42.9. The first kappa shape index (κ1) is 37.4. The van der Waals surface area contributed by atoms with Gasteiger partial charge < -0.3 is 14.0 Å². The van der Waals surface area contributed by atoms with Crippen molar-refractivity contribution in [2.45, 2.75) is 0 Å². The first-order valence-electron chi connectivity index (χ1n) is 22.3. The molecule has 13 rings (SSSR count). The van der Waals surface area contributed by atoms with Gasteiger partial charge in [-0.05, 0) is 97.1 Å². The Morgan fingerprint density at radius 3 is 1.55 bits per heavy atom. The van der Waals surface area contributed by atoms with Crippen LogP contribution in [0.3, 0.4) is 0 Å². The van der Waals surface area contributed by atoms with Crippen molar-refractivity contribution in [3.8, 4) is 56.3 Å². The van der Waals surface area contributed by atoms with Crippen LogP contribution in [0.1, 0.15) is 0 Å². The monoisotopic (exact) mass is 845 g/mol. The lowest BCUT2D eigenvalue weighted by atomic mass is 9.50. The van der Waals surface area contributed by atoms with Gasteiger partial charge in [-0.25, -0.2) is 0 Å². The molecule has 3 heterocycles. The van der Waals surface area contributed by atoms with Gasteiger partial charge in [0.1, 0.15) is 17.2 Å². The zero-order valence-electron chi connectivity index (χ0n) is 35.4. The number of benzene rings is 10. The zero-order valence-corrected chi connectivity index (χ0v) is 36.4. The van der Waals surface area contributed by atoms with E-state index >= 15 is 0 Å². The standard InChI is InChI=1S/C60H40BNO2Si/c1-4-18-46(19-5-1)65(47-20-6-2-7-21-47,48-22-8-3-9-23-48)49-24-16-17-42(37-49)43-33-36-54-58(39-43)63-59-40-44(38-53-52-27-12-15-30-57(52)64-61(54)60(53)59)41-31-34-45(35-32-41)62-55-28-13-10-25-50(55)51-26-11-14-29-56(51)62/h1-40H. The largest absolute Gasteiger partial charge is 0.551 e. The summed E-state index contributed by atoms with van der Waals surface area (Å²) in [4.78, 5) is 0. The quantitative estimate of drug-likeness (QED) is 0.118. The fraction of sp³-hybridized carbons (Fsp3) is 0. The third kappa shape index (κ3) is 5.90. The number of nitrogens with zero attached hydrogens (tertiary/aromatic N) is 1. The van der Waals surface area contributed by atoms with Crippen LogP contribution in [0.4, 0.5) is 0 Å². The Kier molecular flexibility index (Phi) is 8.65. The number of hydrogen-bond donors (Lipinski definition) is 0. The summed E-state index contributed by atoms with van der Waals surface area (Å²) in [6, 6.07) is 88.3. The molecule has 10 aromatic carbocycles. The molecule has 65 heavy (non-hydrogen) atoms. The number of ether oxygens (including phenoxy) is 1. The highest BCUT2D eigenvalue weighted by atomic mass is 28.3. The minimum atomic E-state index is -2.72. The van der Waals surface area contributed by atoms with E-state index < -0.39 is 8.07 Å². The van der Waals surface area contributed by atoms with Crippen molar-refractivity contribution in [2.24, 2.45) is 0 Å². The van der Waals surface area contributed by atoms with Crippen molar-refractivity contribution in [3.63, 3.8) is 0 Å². The number of rotatable bonds is 7. The predicted molar refractivity (Wildman–Crippen MR) is 273 cm³/mol. The Morgan fingerprint density at radius 2 is 0.892 bits per heavy atom. The lowest BCUT2D eigenvalue weighted by Crippen LogP contribution is -2.74. The summed E-state index contributed by atoms with van der Waals surface area (Å²) in [5.41, 5.74) is 12.3. The van der Waals surface area contributed by atoms with Gasteiger partial charge in [-0.1, -0.05) is 194 Å². The maximum atomic E-state index is 7.07. The van der Waals surface area contributed by atoms with Crippen molar-refractivity contribution >= 4 is 68.5 Å². The third-order valence-corrected chi connectivity index (χ3v) is 18.4. The van der Waals surface area contributed by atoms with Crippen LogP contribution in [0.2, 0.25) is 0 Å². The normalized spacial score (nSPS) is 12.5. The summed E-state index contributed by atoms with van der Waals surface area (Å²) in [6.07, 6.45) is 0. The third-order valence-electron chi connectivity index (χ3n) is 13.6. The van der Waals surface area contributed by atoms with Crippen molar-refractivity contribution in [3.05, 3.63) is 243 Å². The van der Waals surface area contributed by atoms with E-state index in [4.69, 9.17) is 9.39 Å². The molecular formula is C60H40BNO2Si. The Balaban J connectivity index is 0.920. The lowest BCUT2D eigenvalue weighted by Gasteiger charge is -2.35. The van der Waals surface area contributed by atoms with Crippen molar-refractivity contribution in [2.75, 3.05) is 0 Å². The SMILES string of the molecule is c1ccc([Si](c2ccccc2)(c2ccccc2)c2cccc(-c3ccc4c(c3)Oc3cc(-c5ccc(-n6c7ccccc7c7ccccc76)cc5)cc5c3B4Oc3ccccc3-5)c2)cc1. The molecule has 0 atom stereocenters. The molecule has 304 valence electrons. The van der Waals surface area contributed by atoms with Gasteiger partial charge in [0.2, 0.25) is 0 Å². The second-order valence-electron chi connectivity index (χ2n) is 17.1. The van der Waals surface area contributed by atoms with Crippen LogP contribution in [-0.4, -0.2) is 19.6 Å². The number of para-hydroxylation sites is 3. The minimum Gasteiger partial charge on any atom is -0.551 e. The second kappa shape index (κ2) is 15.0. The average molecular weight is 846 g/mol. The van der Waals surface area contributed by atoms with E-state index in [-0.39, 0.29) is 6.92 Å². The second-order valence-corrected chi connectivity index (χ2v) is 20.9. The van der Waals surface area contributed by atoms with E-state index in [1.165, 1.54) is 42.6 Å². The van der Waals surface area contributed by atoms with Gasteiger partial charge in [0.15, 0.2) is 8.07 Å². The Morgan fingerprint density at radius 1 is 0.354 bits per heavy atom. The van der Waals surface area contributed by atoms with Gasteiger partial charge in [-0.15, -0.1) is 0 Å². The molecule has 0 bridgehead atoms. The van der Waals surface area contributed by atoms with Crippen LogP contribution in [0.15, 0.2) is 243 Å². The molecule has 0 amide bonds. The Labute approximate surface area is 379 Å². The molecule has 3 nitrogen and oxygen atoms in total. The molecule has 2 aliphatic rings. The summed E-state index contributed by atoms with van der Waals surface area (Å²) in [6.45, 7) is -0.305. The van der Waals surface area contributed by atoms with Gasteiger partial charge >= 0.3 is 6.92 Å². The van der Waals surface area contributed by atoms with Crippen molar-refractivity contribution < 1.29 is 9.39 Å². The molecule has 0 radical (unpaired) electrons. The molecule has 2 aliphatic heterocycles. The van der Waals surface area contributed by atoms with Gasteiger partial charge in [-0.3, -0.25) is 0 Å². The van der Waals surface area contributed by atoms with E-state index in [1.807, 2.05) is 0 Å². The fourth-order valence-corrected chi connectivity index (χ4v) is 15.5. The fourth-order valence-electron chi connectivity index (χ4n) is 10.7. The van der Waals surface area contributed by atoms with Gasteiger partial charge in [0, 0.05) is 32.9 Å². The Hall–Kier alpha value is -8.12. The summed E-state index contributed by atoms with van der Waals surface area (Å²) >= 11 is 0. The summed E-state index contributed by atoms with van der Waals surface area (Å²) in [5, 5.41) is 7.89. The van der Waals surface area contributed by atoms with E-state index in [9.17, 15) is 0 Å². The van der Waals surface area contributed by atoms with Gasteiger partial charge in [-0.2, -0.15) is 0 Å². The van der Waals surface area contributed by atoms with Crippen molar-refractivity contribution in [1.82, 2.24) is 4.57 Å². The lowest BCUT2D eigenvalue weighted by molar-refractivity contribution is 0.480. The summed E-state index contributed by atoms with van der Waals surface area (Å²) in [7, 11) is -2.72. The van der Waals surface area contributed by atoms with E-state index in [1.54, 1.807) is 0 Å². The first-order chi connectivity index (χ1) is 32.2. The first-order valence-corrected chi connectivity index (χ1v) is 24.3. The molecule has 0 aliphatic carbocycles. The highest BCUT2D eigenvalue weighted by Crippen LogP contribution is 2.42. The predicted octanol–water partition coefficient (Wildman–Crippen LogP) is 10.8. The number of hydrogen-bond acceptors (Lipinski definition) is 2. The minimum absolute atomic E-state index is 0.305. The average Bonchev–Trinajstić information content (AvgIpc) is 3.72. The van der Waals surface area contributed by atoms with E-state index in [2.05, 4.69) is 247 Å². The Bertz CT molecular complexity index is 3460. The highest BCUT2D eigenvalue weighted by Gasteiger charge is 2.43. The number of aromatic nitrogens is 1. The molecule has 5 heteroatoms. The molecule has 0 fully saturated rings. The smallest absolute Gasteiger partial charge is 0.434 e. The summed E-state index contributed by atoms with van der Waals surface area (Å²) < 4.78 is 16.4. The van der Waals surface area contributed by atoms with Crippen LogP contribution >= 0.6 is 0 Å². The van der Waals surface area contributed by atoms with Gasteiger partial charge in [0.05, 0.1) is 11.0 Å². The summed E-state index contributed by atoms with van der Waals surface area (Å²) in [5.74, 6) is 2.52. The van der Waals surface area contributed by atoms with Crippen LogP contribution in [0, 0.1) is 0 Å². The van der Waals surface area contributed by atoms with E-state index in [0.717, 1.165) is 67.2 Å². The number of fused-ring (bicyclic) bond motifs is 7. The van der Waals surface area contributed by atoms with Crippen LogP contribution in [0.25, 0.3) is 60.9 Å². The topological polar surface area (TPSA) is 23.4 Å². The molecule has 0 unspecified atom stereocenters. The molecule has 1 aromatic heterocycles. The molecule has 0 saturated carbocycles. The maximum Gasteiger partial charge on any atom is 0.434 e. The molecular weight excluding hydrogens is 806 g/mol. The molecule has 11 aromatic rings. The van der Waals surface area contributed by atoms with E-state index in [0.29, 0.717) is 0 Å². The molecule has 0 saturated heterocycles. The van der Waals surface area contributed by atoms with Gasteiger partial charge in [0.25, 0.3) is 0 Å². The maximum absolute atomic E-state index is 7.07. The van der Waals surface area contributed by atoms with Crippen LogP contribution in [-0.2, 0) is 0 Å². The molecule has 0 N–H and O–H groups in total. The van der Waals surface area contributed by atoms with Crippen LogP contribution in [0.5, 0.6) is 17.2 Å². The molecule has 0 spiro atoms. The highest BCUT2D eigenvalue weighted by molar-refractivity contribution is 7.19.